The maximum Gasteiger partial charge on any atom is 0.325 e. The van der Waals surface area contributed by atoms with E-state index in [1.807, 2.05) is 18.7 Å². The first kappa shape index (κ1) is 15.2. The van der Waals surface area contributed by atoms with Gasteiger partial charge in [0.05, 0.1) is 13.7 Å². The van der Waals surface area contributed by atoms with Crippen LogP contribution < -0.4 is 9.64 Å². The number of carbonyl (C=O) groups is 1. The molecule has 6 heteroatoms. The molecule has 0 aliphatic rings. The Balaban J connectivity index is 2.98. The summed E-state index contributed by atoms with van der Waals surface area (Å²) in [4.78, 5) is 22.0. The fourth-order valence-corrected chi connectivity index (χ4v) is 1.65. The molecular formula is C13H21N3O3. The van der Waals surface area contributed by atoms with Crippen LogP contribution in [0.15, 0.2) is 6.07 Å². The topological polar surface area (TPSA) is 64.5 Å². The van der Waals surface area contributed by atoms with E-state index in [0.29, 0.717) is 24.1 Å². The maximum absolute atomic E-state index is 11.6. The predicted octanol–water partition coefficient (Wildman–Crippen LogP) is 1.57. The van der Waals surface area contributed by atoms with Crippen LogP contribution in [-0.4, -0.2) is 42.2 Å². The first-order chi connectivity index (χ1) is 8.97. The molecule has 0 unspecified atom stereocenters. The number of rotatable bonds is 6. The third-order valence-electron chi connectivity index (χ3n) is 2.53. The fraction of sp³-hybridized carbons (Fsp3) is 0.615. The highest BCUT2D eigenvalue weighted by Gasteiger charge is 2.18. The van der Waals surface area contributed by atoms with E-state index < -0.39 is 0 Å². The molecular weight excluding hydrogens is 246 g/mol. The molecule has 1 aromatic rings. The zero-order valence-corrected chi connectivity index (χ0v) is 12.1. The van der Waals surface area contributed by atoms with Crippen molar-refractivity contribution in [1.29, 1.82) is 0 Å². The molecule has 0 aromatic carbocycles. The predicted molar refractivity (Wildman–Crippen MR) is 72.4 cm³/mol. The second-order valence-electron chi connectivity index (χ2n) is 4.34. The third-order valence-corrected chi connectivity index (χ3v) is 2.53. The molecule has 0 N–H and O–H groups in total. The minimum atomic E-state index is -0.272. The highest BCUT2D eigenvalue weighted by atomic mass is 16.5. The van der Waals surface area contributed by atoms with Crippen molar-refractivity contribution in [1.82, 2.24) is 9.97 Å². The van der Waals surface area contributed by atoms with Gasteiger partial charge in [0.1, 0.15) is 18.2 Å². The summed E-state index contributed by atoms with van der Waals surface area (Å²) in [6.07, 6.45) is 0. The minimum absolute atomic E-state index is 0.114. The van der Waals surface area contributed by atoms with E-state index >= 15 is 0 Å². The molecule has 6 nitrogen and oxygen atoms in total. The average Bonchev–Trinajstić information content (AvgIpc) is 2.35. The summed E-state index contributed by atoms with van der Waals surface area (Å²) in [6.45, 7) is 8.08. The number of anilines is 1. The van der Waals surface area contributed by atoms with Gasteiger partial charge in [0.15, 0.2) is 0 Å². The molecule has 0 fully saturated rings. The second kappa shape index (κ2) is 6.92. The molecule has 0 aliphatic carbocycles. The van der Waals surface area contributed by atoms with Crippen molar-refractivity contribution >= 4 is 11.8 Å². The van der Waals surface area contributed by atoms with Crippen LogP contribution in [0.25, 0.3) is 0 Å². The van der Waals surface area contributed by atoms with Gasteiger partial charge >= 0.3 is 5.97 Å². The Morgan fingerprint density at radius 1 is 1.42 bits per heavy atom. The molecule has 0 saturated heterocycles. The second-order valence-corrected chi connectivity index (χ2v) is 4.34. The van der Waals surface area contributed by atoms with Crippen molar-refractivity contribution in [2.45, 2.75) is 33.7 Å². The monoisotopic (exact) mass is 267 g/mol. The zero-order valence-electron chi connectivity index (χ0n) is 12.1. The first-order valence-corrected chi connectivity index (χ1v) is 6.29. The Kier molecular flexibility index (Phi) is 5.54. The van der Waals surface area contributed by atoms with Crippen molar-refractivity contribution in [2.75, 3.05) is 25.2 Å². The third kappa shape index (κ3) is 4.39. The smallest absolute Gasteiger partial charge is 0.325 e. The molecule has 0 spiro atoms. The Morgan fingerprint density at radius 3 is 2.63 bits per heavy atom. The van der Waals surface area contributed by atoms with E-state index in [1.165, 1.54) is 0 Å². The lowest BCUT2D eigenvalue weighted by molar-refractivity contribution is -0.141. The molecule has 1 rings (SSSR count). The largest absolute Gasteiger partial charge is 0.481 e. The van der Waals surface area contributed by atoms with Gasteiger partial charge in [-0.1, -0.05) is 0 Å². The Labute approximate surface area is 113 Å². The van der Waals surface area contributed by atoms with Gasteiger partial charge in [-0.3, -0.25) is 4.79 Å². The van der Waals surface area contributed by atoms with Crippen LogP contribution in [0.2, 0.25) is 0 Å². The summed E-state index contributed by atoms with van der Waals surface area (Å²) in [5.74, 6) is 1.47. The van der Waals surface area contributed by atoms with Gasteiger partial charge in [-0.05, 0) is 27.7 Å². The van der Waals surface area contributed by atoms with Gasteiger partial charge in [0.2, 0.25) is 5.88 Å². The molecule has 19 heavy (non-hydrogen) atoms. The number of hydrogen-bond donors (Lipinski definition) is 0. The standard InChI is InChI=1S/C13H21N3O3/c1-6-19-13(17)8-16(9(2)3)11-7-12(18-5)15-10(4)14-11/h7,9H,6,8H2,1-5H3. The number of aromatic nitrogens is 2. The maximum atomic E-state index is 11.6. The Hall–Kier alpha value is -1.85. The van der Waals surface area contributed by atoms with Crippen LogP contribution in [0.3, 0.4) is 0 Å². The van der Waals surface area contributed by atoms with Gasteiger partial charge in [-0.15, -0.1) is 0 Å². The van der Waals surface area contributed by atoms with E-state index in [9.17, 15) is 4.79 Å². The molecule has 0 saturated carbocycles. The first-order valence-electron chi connectivity index (χ1n) is 6.29. The van der Waals surface area contributed by atoms with Gasteiger partial charge in [-0.25, -0.2) is 4.98 Å². The van der Waals surface area contributed by atoms with Gasteiger partial charge < -0.3 is 14.4 Å². The van der Waals surface area contributed by atoms with Gasteiger partial charge in [-0.2, -0.15) is 4.98 Å². The SMILES string of the molecule is CCOC(=O)CN(c1cc(OC)nc(C)n1)C(C)C. The van der Waals surface area contributed by atoms with Crippen LogP contribution in [0, 0.1) is 6.92 Å². The molecule has 106 valence electrons. The van der Waals surface area contributed by atoms with Crippen LogP contribution >= 0.6 is 0 Å². The highest BCUT2D eigenvalue weighted by molar-refractivity contribution is 5.75. The van der Waals surface area contributed by atoms with Crippen molar-refractivity contribution in [3.05, 3.63) is 11.9 Å². The fourth-order valence-electron chi connectivity index (χ4n) is 1.65. The van der Waals surface area contributed by atoms with Crippen molar-refractivity contribution in [3.63, 3.8) is 0 Å². The molecule has 0 radical (unpaired) electrons. The molecule has 0 aliphatic heterocycles. The van der Waals surface area contributed by atoms with E-state index in [-0.39, 0.29) is 18.6 Å². The summed E-state index contributed by atoms with van der Waals surface area (Å²) in [5, 5.41) is 0. The number of nitrogens with zero attached hydrogens (tertiary/aromatic N) is 3. The molecule has 0 amide bonds. The quantitative estimate of drug-likeness (QED) is 0.729. The van der Waals surface area contributed by atoms with Gasteiger partial charge in [0.25, 0.3) is 0 Å². The summed E-state index contributed by atoms with van der Waals surface area (Å²) in [6, 6.07) is 1.83. The van der Waals surface area contributed by atoms with E-state index in [1.54, 1.807) is 27.0 Å². The Morgan fingerprint density at radius 2 is 2.11 bits per heavy atom. The summed E-state index contributed by atoms with van der Waals surface area (Å²) >= 11 is 0. The summed E-state index contributed by atoms with van der Waals surface area (Å²) in [5.41, 5.74) is 0. The van der Waals surface area contributed by atoms with E-state index in [2.05, 4.69) is 9.97 Å². The van der Waals surface area contributed by atoms with Crippen LogP contribution in [-0.2, 0) is 9.53 Å². The number of methoxy groups -OCH3 is 1. The summed E-state index contributed by atoms with van der Waals surface area (Å²) < 4.78 is 10.1. The molecule has 1 aromatic heterocycles. The number of esters is 1. The normalized spacial score (nSPS) is 10.4. The molecule has 0 atom stereocenters. The zero-order chi connectivity index (χ0) is 14.4. The lowest BCUT2D eigenvalue weighted by Crippen LogP contribution is -2.37. The van der Waals surface area contributed by atoms with Crippen molar-refractivity contribution in [2.24, 2.45) is 0 Å². The minimum Gasteiger partial charge on any atom is -0.481 e. The van der Waals surface area contributed by atoms with Crippen LogP contribution in [0.5, 0.6) is 5.88 Å². The molecule has 1 heterocycles. The van der Waals surface area contributed by atoms with E-state index in [0.717, 1.165) is 0 Å². The van der Waals surface area contributed by atoms with Crippen LogP contribution in [0.4, 0.5) is 5.82 Å². The number of aryl methyl sites for hydroxylation is 1. The van der Waals surface area contributed by atoms with Gasteiger partial charge in [0, 0.05) is 12.1 Å². The van der Waals surface area contributed by atoms with Crippen LogP contribution in [0.1, 0.15) is 26.6 Å². The lowest BCUT2D eigenvalue weighted by Gasteiger charge is -2.27. The van der Waals surface area contributed by atoms with Crippen molar-refractivity contribution in [3.8, 4) is 5.88 Å². The average molecular weight is 267 g/mol. The molecule has 0 bridgehead atoms. The highest BCUT2D eigenvalue weighted by Crippen LogP contribution is 2.19. The lowest BCUT2D eigenvalue weighted by atomic mass is 10.3. The Bertz CT molecular complexity index is 435. The number of hydrogen-bond acceptors (Lipinski definition) is 6. The van der Waals surface area contributed by atoms with Crippen molar-refractivity contribution < 1.29 is 14.3 Å². The number of carbonyl (C=O) groups excluding carboxylic acids is 1. The number of ether oxygens (including phenoxy) is 2. The van der Waals surface area contributed by atoms with E-state index in [4.69, 9.17) is 9.47 Å². The summed E-state index contributed by atoms with van der Waals surface area (Å²) in [7, 11) is 1.55.